The molecule has 0 radical (unpaired) electrons. The summed E-state index contributed by atoms with van der Waals surface area (Å²) in [7, 11) is 1.85. The van der Waals surface area contributed by atoms with E-state index in [1.54, 1.807) is 4.90 Å². The van der Waals surface area contributed by atoms with Crippen LogP contribution in [0.25, 0.3) is 21.9 Å². The fraction of sp³-hybridized carbons (Fsp3) is 0.0800. The van der Waals surface area contributed by atoms with Crippen LogP contribution in [0.5, 0.6) is 0 Å². The summed E-state index contributed by atoms with van der Waals surface area (Å²) < 4.78 is 0. The topological polar surface area (TPSA) is 20.3 Å². The van der Waals surface area contributed by atoms with Gasteiger partial charge < -0.3 is 4.90 Å². The Morgan fingerprint density at radius 1 is 0.778 bits per heavy atom. The van der Waals surface area contributed by atoms with Crippen LogP contribution in [-0.2, 0) is 6.54 Å². The SMILES string of the molecule is CN(Cc1ccccc1)C(=O)c1cc(-c2ccccc2)c2ccccc2c1. The van der Waals surface area contributed by atoms with Gasteiger partial charge in [-0.2, -0.15) is 0 Å². The van der Waals surface area contributed by atoms with Crippen molar-refractivity contribution in [3.8, 4) is 11.1 Å². The van der Waals surface area contributed by atoms with E-state index < -0.39 is 0 Å². The van der Waals surface area contributed by atoms with Crippen molar-refractivity contribution < 1.29 is 4.79 Å². The Labute approximate surface area is 159 Å². The highest BCUT2D eigenvalue weighted by Crippen LogP contribution is 2.30. The van der Waals surface area contributed by atoms with Gasteiger partial charge in [-0.15, -0.1) is 0 Å². The van der Waals surface area contributed by atoms with Gasteiger partial charge in [-0.05, 0) is 39.6 Å². The van der Waals surface area contributed by atoms with Gasteiger partial charge in [0.05, 0.1) is 0 Å². The summed E-state index contributed by atoms with van der Waals surface area (Å²) >= 11 is 0. The molecule has 2 heteroatoms. The Bertz CT molecular complexity index is 1070. The van der Waals surface area contributed by atoms with Crippen molar-refractivity contribution in [2.24, 2.45) is 0 Å². The van der Waals surface area contributed by atoms with E-state index in [4.69, 9.17) is 0 Å². The first-order valence-corrected chi connectivity index (χ1v) is 9.10. The van der Waals surface area contributed by atoms with Gasteiger partial charge in [-0.25, -0.2) is 0 Å². The monoisotopic (exact) mass is 351 g/mol. The molecule has 0 bridgehead atoms. The largest absolute Gasteiger partial charge is 0.337 e. The molecule has 0 aliphatic rings. The molecule has 0 aliphatic heterocycles. The quantitative estimate of drug-likeness (QED) is 0.456. The van der Waals surface area contributed by atoms with Crippen LogP contribution in [0, 0.1) is 0 Å². The highest BCUT2D eigenvalue weighted by molar-refractivity contribution is 6.04. The maximum Gasteiger partial charge on any atom is 0.253 e. The average molecular weight is 351 g/mol. The molecule has 4 rings (SSSR count). The van der Waals surface area contributed by atoms with E-state index in [1.807, 2.05) is 79.8 Å². The molecule has 0 unspecified atom stereocenters. The molecule has 27 heavy (non-hydrogen) atoms. The Morgan fingerprint density at radius 3 is 2.15 bits per heavy atom. The van der Waals surface area contributed by atoms with E-state index in [1.165, 1.54) is 0 Å². The number of amides is 1. The third-order valence-electron chi connectivity index (χ3n) is 4.80. The number of hydrogen-bond acceptors (Lipinski definition) is 1. The predicted octanol–water partition coefficient (Wildman–Crippen LogP) is 5.78. The number of hydrogen-bond donors (Lipinski definition) is 0. The minimum Gasteiger partial charge on any atom is -0.337 e. The lowest BCUT2D eigenvalue weighted by atomic mass is 9.95. The predicted molar refractivity (Wildman–Crippen MR) is 112 cm³/mol. The number of benzene rings is 4. The Hall–Kier alpha value is -3.39. The minimum absolute atomic E-state index is 0.0294. The number of fused-ring (bicyclic) bond motifs is 1. The first-order chi connectivity index (χ1) is 13.2. The van der Waals surface area contributed by atoms with Gasteiger partial charge in [0.2, 0.25) is 0 Å². The zero-order valence-electron chi connectivity index (χ0n) is 15.3. The lowest BCUT2D eigenvalue weighted by molar-refractivity contribution is 0.0785. The van der Waals surface area contributed by atoms with Crippen molar-refractivity contribution >= 4 is 16.7 Å². The van der Waals surface area contributed by atoms with Crippen molar-refractivity contribution in [3.63, 3.8) is 0 Å². The number of nitrogens with zero attached hydrogens (tertiary/aromatic N) is 1. The zero-order valence-corrected chi connectivity index (χ0v) is 15.3. The summed E-state index contributed by atoms with van der Waals surface area (Å²) in [6.07, 6.45) is 0. The third kappa shape index (κ3) is 3.61. The molecular weight excluding hydrogens is 330 g/mol. The third-order valence-corrected chi connectivity index (χ3v) is 4.80. The van der Waals surface area contributed by atoms with Crippen molar-refractivity contribution in [3.05, 3.63) is 108 Å². The minimum atomic E-state index is 0.0294. The summed E-state index contributed by atoms with van der Waals surface area (Å²) in [5, 5.41) is 2.24. The second kappa shape index (κ2) is 7.46. The summed E-state index contributed by atoms with van der Waals surface area (Å²) in [4.78, 5) is 14.9. The number of carbonyl (C=O) groups is 1. The van der Waals surface area contributed by atoms with Gasteiger partial charge in [0, 0.05) is 19.2 Å². The maximum absolute atomic E-state index is 13.1. The molecule has 0 atom stereocenters. The Morgan fingerprint density at radius 2 is 1.41 bits per heavy atom. The van der Waals surface area contributed by atoms with Crippen LogP contribution in [0.1, 0.15) is 15.9 Å². The van der Waals surface area contributed by atoms with E-state index in [-0.39, 0.29) is 5.91 Å². The van der Waals surface area contributed by atoms with Crippen LogP contribution < -0.4 is 0 Å². The van der Waals surface area contributed by atoms with Crippen LogP contribution in [0.3, 0.4) is 0 Å². The van der Waals surface area contributed by atoms with Crippen LogP contribution in [0.4, 0.5) is 0 Å². The van der Waals surface area contributed by atoms with Gasteiger partial charge in [0.15, 0.2) is 0 Å². The maximum atomic E-state index is 13.1. The van der Waals surface area contributed by atoms with Crippen molar-refractivity contribution in [2.75, 3.05) is 7.05 Å². The molecule has 0 spiro atoms. The van der Waals surface area contributed by atoms with Crippen molar-refractivity contribution in [2.45, 2.75) is 6.54 Å². The second-order valence-electron chi connectivity index (χ2n) is 6.76. The van der Waals surface area contributed by atoms with Crippen LogP contribution in [-0.4, -0.2) is 17.9 Å². The summed E-state index contributed by atoms with van der Waals surface area (Å²) in [5.74, 6) is 0.0294. The Balaban J connectivity index is 1.74. The summed E-state index contributed by atoms with van der Waals surface area (Å²) in [5.41, 5.74) is 4.04. The van der Waals surface area contributed by atoms with Crippen LogP contribution in [0.2, 0.25) is 0 Å². The lowest BCUT2D eigenvalue weighted by Crippen LogP contribution is -2.26. The number of rotatable bonds is 4. The first-order valence-electron chi connectivity index (χ1n) is 9.10. The fourth-order valence-corrected chi connectivity index (χ4v) is 3.44. The standard InChI is InChI=1S/C25H21NO/c1-26(18-19-10-4-2-5-11-19)25(27)22-16-21-14-8-9-15-23(21)24(17-22)20-12-6-3-7-13-20/h2-17H,18H2,1H3. The van der Waals surface area contributed by atoms with Gasteiger partial charge in [0.25, 0.3) is 5.91 Å². The van der Waals surface area contributed by atoms with Gasteiger partial charge in [0.1, 0.15) is 0 Å². The van der Waals surface area contributed by atoms with E-state index in [2.05, 4.69) is 24.3 Å². The highest BCUT2D eigenvalue weighted by atomic mass is 16.2. The van der Waals surface area contributed by atoms with E-state index in [0.717, 1.165) is 27.5 Å². The molecule has 132 valence electrons. The van der Waals surface area contributed by atoms with Gasteiger partial charge in [-0.3, -0.25) is 4.79 Å². The molecule has 4 aromatic carbocycles. The molecule has 4 aromatic rings. The van der Waals surface area contributed by atoms with Crippen LogP contribution >= 0.6 is 0 Å². The first kappa shape index (κ1) is 17.0. The van der Waals surface area contributed by atoms with E-state index in [0.29, 0.717) is 12.1 Å². The van der Waals surface area contributed by atoms with Gasteiger partial charge in [-0.1, -0.05) is 84.9 Å². The van der Waals surface area contributed by atoms with Crippen molar-refractivity contribution in [1.29, 1.82) is 0 Å². The second-order valence-corrected chi connectivity index (χ2v) is 6.76. The van der Waals surface area contributed by atoms with Crippen molar-refractivity contribution in [1.82, 2.24) is 4.90 Å². The molecule has 1 amide bonds. The molecule has 0 saturated carbocycles. The molecule has 0 saturated heterocycles. The molecule has 0 fully saturated rings. The van der Waals surface area contributed by atoms with Crippen LogP contribution in [0.15, 0.2) is 97.1 Å². The average Bonchev–Trinajstić information content (AvgIpc) is 2.73. The lowest BCUT2D eigenvalue weighted by Gasteiger charge is -2.19. The zero-order chi connectivity index (χ0) is 18.6. The molecule has 0 aromatic heterocycles. The normalized spacial score (nSPS) is 10.7. The molecule has 0 N–H and O–H groups in total. The van der Waals surface area contributed by atoms with E-state index >= 15 is 0 Å². The Kier molecular flexibility index (Phi) is 4.71. The summed E-state index contributed by atoms with van der Waals surface area (Å²) in [6.45, 7) is 0.590. The molecular formula is C25H21NO. The summed E-state index contributed by atoms with van der Waals surface area (Å²) in [6, 6.07) is 32.5. The molecule has 2 nitrogen and oxygen atoms in total. The number of carbonyl (C=O) groups excluding carboxylic acids is 1. The van der Waals surface area contributed by atoms with Gasteiger partial charge >= 0.3 is 0 Å². The molecule has 0 aliphatic carbocycles. The van der Waals surface area contributed by atoms with E-state index in [9.17, 15) is 4.79 Å². The molecule has 0 heterocycles. The highest BCUT2D eigenvalue weighted by Gasteiger charge is 2.15. The smallest absolute Gasteiger partial charge is 0.253 e. The fourth-order valence-electron chi connectivity index (χ4n) is 3.44.